The third-order valence-corrected chi connectivity index (χ3v) is 4.59. The SMILES string of the molecule is CCSC1CCC(NC(=O)c2ccc(N)cc2F)C1. The van der Waals surface area contributed by atoms with Crippen molar-refractivity contribution in [1.82, 2.24) is 5.32 Å². The summed E-state index contributed by atoms with van der Waals surface area (Å²) in [7, 11) is 0. The average Bonchev–Trinajstić information content (AvgIpc) is 2.76. The number of carbonyl (C=O) groups excluding carboxylic acids is 1. The highest BCUT2D eigenvalue weighted by atomic mass is 32.2. The number of nitrogens with two attached hydrogens (primary N) is 1. The van der Waals surface area contributed by atoms with Crippen LogP contribution in [0.4, 0.5) is 10.1 Å². The quantitative estimate of drug-likeness (QED) is 0.835. The van der Waals surface area contributed by atoms with Gasteiger partial charge in [-0.1, -0.05) is 6.92 Å². The van der Waals surface area contributed by atoms with Crippen LogP contribution in [0.5, 0.6) is 0 Å². The molecule has 3 N–H and O–H groups in total. The van der Waals surface area contributed by atoms with E-state index in [9.17, 15) is 9.18 Å². The van der Waals surface area contributed by atoms with Gasteiger partial charge in [-0.3, -0.25) is 4.79 Å². The molecule has 1 amide bonds. The second kappa shape index (κ2) is 6.28. The predicted molar refractivity (Wildman–Crippen MR) is 77.8 cm³/mol. The highest BCUT2D eigenvalue weighted by Crippen LogP contribution is 2.29. The molecule has 1 aliphatic carbocycles. The van der Waals surface area contributed by atoms with Gasteiger partial charge in [-0.2, -0.15) is 11.8 Å². The van der Waals surface area contributed by atoms with Gasteiger partial charge in [0.2, 0.25) is 0 Å². The molecule has 0 aromatic heterocycles. The Morgan fingerprint density at radius 1 is 1.53 bits per heavy atom. The Kier molecular flexibility index (Phi) is 4.69. The van der Waals surface area contributed by atoms with Gasteiger partial charge in [0, 0.05) is 17.0 Å². The molecule has 0 spiro atoms. The lowest BCUT2D eigenvalue weighted by Gasteiger charge is -2.13. The lowest BCUT2D eigenvalue weighted by Crippen LogP contribution is -2.33. The van der Waals surface area contributed by atoms with E-state index < -0.39 is 5.82 Å². The molecule has 1 fully saturated rings. The number of carbonyl (C=O) groups is 1. The molecule has 0 bridgehead atoms. The Morgan fingerprint density at radius 3 is 3.00 bits per heavy atom. The Hall–Kier alpha value is -1.23. The van der Waals surface area contributed by atoms with Crippen molar-refractivity contribution in [3.63, 3.8) is 0 Å². The van der Waals surface area contributed by atoms with Crippen LogP contribution in [0.2, 0.25) is 0 Å². The fraction of sp³-hybridized carbons (Fsp3) is 0.500. The Labute approximate surface area is 117 Å². The summed E-state index contributed by atoms with van der Waals surface area (Å²) in [5.41, 5.74) is 5.87. The van der Waals surface area contributed by atoms with Crippen LogP contribution in [0.15, 0.2) is 18.2 Å². The molecule has 19 heavy (non-hydrogen) atoms. The van der Waals surface area contributed by atoms with Crippen molar-refractivity contribution in [2.24, 2.45) is 0 Å². The molecule has 0 heterocycles. The van der Waals surface area contributed by atoms with Crippen molar-refractivity contribution in [3.05, 3.63) is 29.6 Å². The largest absolute Gasteiger partial charge is 0.399 e. The van der Waals surface area contributed by atoms with Gasteiger partial charge in [-0.15, -0.1) is 0 Å². The number of benzene rings is 1. The number of hydrogen-bond donors (Lipinski definition) is 2. The molecular weight excluding hydrogens is 263 g/mol. The van der Waals surface area contributed by atoms with Gasteiger partial charge >= 0.3 is 0 Å². The van der Waals surface area contributed by atoms with E-state index in [0.29, 0.717) is 10.9 Å². The molecule has 0 saturated heterocycles. The lowest BCUT2D eigenvalue weighted by atomic mass is 10.1. The van der Waals surface area contributed by atoms with Crippen LogP contribution < -0.4 is 11.1 Å². The standard InChI is InChI=1S/C14H19FN2OS/c1-2-19-11-5-4-10(8-11)17-14(18)12-6-3-9(16)7-13(12)15/h3,6-7,10-11H,2,4-5,8,16H2,1H3,(H,17,18). The van der Waals surface area contributed by atoms with Gasteiger partial charge in [0.05, 0.1) is 5.56 Å². The number of halogens is 1. The smallest absolute Gasteiger partial charge is 0.254 e. The minimum atomic E-state index is -0.560. The van der Waals surface area contributed by atoms with Gasteiger partial charge in [-0.05, 0) is 43.2 Å². The molecule has 0 radical (unpaired) electrons. The van der Waals surface area contributed by atoms with Crippen molar-refractivity contribution in [2.75, 3.05) is 11.5 Å². The zero-order valence-electron chi connectivity index (χ0n) is 11.0. The molecule has 2 rings (SSSR count). The highest BCUT2D eigenvalue weighted by Gasteiger charge is 2.26. The van der Waals surface area contributed by atoms with Crippen molar-refractivity contribution in [1.29, 1.82) is 0 Å². The number of hydrogen-bond acceptors (Lipinski definition) is 3. The molecule has 0 aliphatic heterocycles. The van der Waals surface area contributed by atoms with Crippen LogP contribution in [-0.2, 0) is 0 Å². The first-order valence-electron chi connectivity index (χ1n) is 6.57. The summed E-state index contributed by atoms with van der Waals surface area (Å²) in [5, 5.41) is 3.53. The third kappa shape index (κ3) is 3.62. The molecule has 1 aliphatic rings. The first kappa shape index (κ1) is 14.2. The summed E-state index contributed by atoms with van der Waals surface area (Å²) >= 11 is 1.93. The number of nitrogens with one attached hydrogen (secondary N) is 1. The maximum absolute atomic E-state index is 13.6. The molecule has 104 valence electrons. The molecule has 1 aromatic rings. The first-order chi connectivity index (χ1) is 9.10. The van der Waals surface area contributed by atoms with Gasteiger partial charge in [0.25, 0.3) is 5.91 Å². The second-order valence-corrected chi connectivity index (χ2v) is 6.38. The molecular formula is C14H19FN2OS. The fourth-order valence-corrected chi connectivity index (χ4v) is 3.58. The topological polar surface area (TPSA) is 55.1 Å². The third-order valence-electron chi connectivity index (χ3n) is 3.36. The molecule has 3 nitrogen and oxygen atoms in total. The van der Waals surface area contributed by atoms with Crippen LogP contribution in [0, 0.1) is 5.82 Å². The molecule has 2 unspecified atom stereocenters. The Balaban J connectivity index is 1.94. The van der Waals surface area contributed by atoms with Crippen molar-refractivity contribution < 1.29 is 9.18 Å². The molecule has 2 atom stereocenters. The van der Waals surface area contributed by atoms with E-state index in [0.717, 1.165) is 25.0 Å². The highest BCUT2D eigenvalue weighted by molar-refractivity contribution is 7.99. The number of nitrogen functional groups attached to an aromatic ring is 1. The van der Waals surface area contributed by atoms with E-state index in [4.69, 9.17) is 5.73 Å². The minimum Gasteiger partial charge on any atom is -0.399 e. The minimum absolute atomic E-state index is 0.0702. The zero-order valence-corrected chi connectivity index (χ0v) is 11.8. The zero-order chi connectivity index (χ0) is 13.8. The normalized spacial score (nSPS) is 22.4. The van der Waals surface area contributed by atoms with E-state index in [1.807, 2.05) is 11.8 Å². The van der Waals surface area contributed by atoms with Crippen LogP contribution in [-0.4, -0.2) is 23.0 Å². The van der Waals surface area contributed by atoms with Crippen molar-refractivity contribution in [3.8, 4) is 0 Å². The lowest BCUT2D eigenvalue weighted by molar-refractivity contribution is 0.0934. The summed E-state index contributed by atoms with van der Waals surface area (Å²) in [6.07, 6.45) is 3.06. The number of anilines is 1. The molecule has 5 heteroatoms. The van der Waals surface area contributed by atoms with E-state index in [1.165, 1.54) is 12.1 Å². The van der Waals surface area contributed by atoms with E-state index in [2.05, 4.69) is 12.2 Å². The first-order valence-corrected chi connectivity index (χ1v) is 7.62. The van der Waals surface area contributed by atoms with Crippen molar-refractivity contribution in [2.45, 2.75) is 37.5 Å². The van der Waals surface area contributed by atoms with E-state index in [-0.39, 0.29) is 17.5 Å². The summed E-state index contributed by atoms with van der Waals surface area (Å²) in [6, 6.07) is 4.32. The van der Waals surface area contributed by atoms with Crippen molar-refractivity contribution >= 4 is 23.4 Å². The van der Waals surface area contributed by atoms with Crippen LogP contribution in [0.1, 0.15) is 36.5 Å². The maximum atomic E-state index is 13.6. The van der Waals surface area contributed by atoms with Crippen LogP contribution in [0.25, 0.3) is 0 Å². The Bertz CT molecular complexity index is 467. The van der Waals surface area contributed by atoms with Crippen LogP contribution >= 0.6 is 11.8 Å². The fourth-order valence-electron chi connectivity index (χ4n) is 2.44. The van der Waals surface area contributed by atoms with Gasteiger partial charge < -0.3 is 11.1 Å². The molecule has 1 saturated carbocycles. The maximum Gasteiger partial charge on any atom is 0.254 e. The van der Waals surface area contributed by atoms with E-state index in [1.54, 1.807) is 6.07 Å². The van der Waals surface area contributed by atoms with Gasteiger partial charge in [0.15, 0.2) is 0 Å². The summed E-state index contributed by atoms with van der Waals surface area (Å²) < 4.78 is 13.6. The second-order valence-electron chi connectivity index (χ2n) is 4.80. The summed E-state index contributed by atoms with van der Waals surface area (Å²) in [6.45, 7) is 2.14. The number of rotatable bonds is 4. The van der Waals surface area contributed by atoms with Gasteiger partial charge in [0.1, 0.15) is 5.82 Å². The predicted octanol–water partition coefficient (Wildman–Crippen LogP) is 2.81. The summed E-state index contributed by atoms with van der Waals surface area (Å²) in [4.78, 5) is 12.0. The monoisotopic (exact) mass is 282 g/mol. The van der Waals surface area contributed by atoms with Crippen LogP contribution in [0.3, 0.4) is 0 Å². The number of amides is 1. The number of thioether (sulfide) groups is 1. The molecule has 1 aromatic carbocycles. The van der Waals surface area contributed by atoms with Gasteiger partial charge in [-0.25, -0.2) is 4.39 Å². The summed E-state index contributed by atoms with van der Waals surface area (Å²) in [5.74, 6) is 0.192. The Morgan fingerprint density at radius 2 is 2.32 bits per heavy atom. The van der Waals surface area contributed by atoms with E-state index >= 15 is 0 Å². The average molecular weight is 282 g/mol.